The van der Waals surface area contributed by atoms with E-state index < -0.39 is 0 Å². The molecule has 4 bridgehead atoms. The van der Waals surface area contributed by atoms with Crippen molar-refractivity contribution in [2.24, 2.45) is 23.5 Å². The number of carbonyl (C=O) groups is 1. The van der Waals surface area contributed by atoms with E-state index in [9.17, 15) is 4.79 Å². The zero-order chi connectivity index (χ0) is 13.7. The van der Waals surface area contributed by atoms with Crippen LogP contribution in [0.25, 0.3) is 0 Å². The second-order valence-electron chi connectivity index (χ2n) is 6.98. The van der Waals surface area contributed by atoms with Crippen molar-refractivity contribution in [2.75, 3.05) is 0 Å². The Balaban J connectivity index is 0.00000132. The number of nitrogens with zero attached hydrogens (tertiary/aromatic N) is 1. The number of thiazole rings is 1. The van der Waals surface area contributed by atoms with Gasteiger partial charge in [-0.25, -0.2) is 4.98 Å². The summed E-state index contributed by atoms with van der Waals surface area (Å²) in [4.78, 5) is 16.8. The maximum Gasteiger partial charge on any atom is 0.271 e. The quantitative estimate of drug-likeness (QED) is 0.897. The second kappa shape index (κ2) is 5.52. The first-order valence-electron chi connectivity index (χ1n) is 7.63. The van der Waals surface area contributed by atoms with Gasteiger partial charge in [0, 0.05) is 17.5 Å². The van der Waals surface area contributed by atoms with Crippen LogP contribution in [-0.2, 0) is 6.54 Å². The molecule has 116 valence electrons. The Morgan fingerprint density at radius 1 is 1.29 bits per heavy atom. The van der Waals surface area contributed by atoms with E-state index in [2.05, 4.69) is 10.3 Å². The Hall–Kier alpha value is -0.650. The molecule has 0 aromatic carbocycles. The highest BCUT2D eigenvalue weighted by Gasteiger charge is 2.51. The van der Waals surface area contributed by atoms with E-state index in [0.717, 1.165) is 22.8 Å². The smallest absolute Gasteiger partial charge is 0.271 e. The van der Waals surface area contributed by atoms with Gasteiger partial charge in [0.05, 0.1) is 0 Å². The van der Waals surface area contributed by atoms with Crippen LogP contribution in [0, 0.1) is 17.8 Å². The van der Waals surface area contributed by atoms with Crippen molar-refractivity contribution in [1.29, 1.82) is 0 Å². The normalized spacial score (nSPS) is 36.3. The van der Waals surface area contributed by atoms with Gasteiger partial charge in [-0.1, -0.05) is 0 Å². The zero-order valence-electron chi connectivity index (χ0n) is 12.0. The lowest BCUT2D eigenvalue weighted by Crippen LogP contribution is -2.59. The molecule has 0 spiro atoms. The number of amides is 1. The van der Waals surface area contributed by atoms with Crippen LogP contribution in [0.5, 0.6) is 0 Å². The molecule has 0 saturated heterocycles. The third-order valence-corrected chi connectivity index (χ3v) is 6.25. The maximum absolute atomic E-state index is 12.5. The number of halogens is 1. The summed E-state index contributed by atoms with van der Waals surface area (Å²) in [7, 11) is 0. The van der Waals surface area contributed by atoms with E-state index in [0.29, 0.717) is 12.2 Å². The summed E-state index contributed by atoms with van der Waals surface area (Å²) in [6, 6.07) is 0. The molecule has 1 aromatic heterocycles. The van der Waals surface area contributed by atoms with Crippen LogP contribution in [0.3, 0.4) is 0 Å². The summed E-state index contributed by atoms with van der Waals surface area (Å²) >= 11 is 1.47. The van der Waals surface area contributed by atoms with Gasteiger partial charge in [-0.15, -0.1) is 23.7 Å². The third kappa shape index (κ3) is 2.71. The zero-order valence-corrected chi connectivity index (χ0v) is 13.6. The molecule has 4 aliphatic carbocycles. The summed E-state index contributed by atoms with van der Waals surface area (Å²) in [6.45, 7) is 0.412. The van der Waals surface area contributed by atoms with Crippen molar-refractivity contribution >= 4 is 29.7 Å². The van der Waals surface area contributed by atoms with Gasteiger partial charge in [0.15, 0.2) is 0 Å². The maximum atomic E-state index is 12.5. The van der Waals surface area contributed by atoms with Crippen molar-refractivity contribution in [3.05, 3.63) is 16.1 Å². The molecule has 0 aliphatic heterocycles. The largest absolute Gasteiger partial charge is 0.345 e. The van der Waals surface area contributed by atoms with E-state index >= 15 is 0 Å². The van der Waals surface area contributed by atoms with Crippen molar-refractivity contribution in [3.8, 4) is 0 Å². The number of nitrogens with one attached hydrogen (secondary N) is 1. The van der Waals surface area contributed by atoms with E-state index in [1.165, 1.54) is 49.9 Å². The topological polar surface area (TPSA) is 68.0 Å². The molecule has 0 radical (unpaired) electrons. The number of hydrogen-bond donors (Lipinski definition) is 2. The molecule has 4 nitrogen and oxygen atoms in total. The molecule has 21 heavy (non-hydrogen) atoms. The van der Waals surface area contributed by atoms with E-state index in [1.54, 1.807) is 0 Å². The second-order valence-corrected chi connectivity index (χ2v) is 7.93. The van der Waals surface area contributed by atoms with Crippen molar-refractivity contribution < 1.29 is 4.79 Å². The van der Waals surface area contributed by atoms with Crippen LogP contribution in [0.15, 0.2) is 5.38 Å². The molecular weight excluding hydrogens is 306 g/mol. The molecule has 5 rings (SSSR count). The molecular formula is C15H22ClN3OS. The lowest BCUT2D eigenvalue weighted by molar-refractivity contribution is -0.0167. The minimum absolute atomic E-state index is 0. The van der Waals surface area contributed by atoms with Crippen molar-refractivity contribution in [1.82, 2.24) is 10.3 Å². The Labute approximate surface area is 135 Å². The molecule has 4 fully saturated rings. The van der Waals surface area contributed by atoms with Crippen LogP contribution >= 0.6 is 23.7 Å². The predicted molar refractivity (Wildman–Crippen MR) is 85.6 cm³/mol. The highest BCUT2D eigenvalue weighted by atomic mass is 35.5. The summed E-state index contributed by atoms with van der Waals surface area (Å²) in [5.41, 5.74) is 6.18. The van der Waals surface area contributed by atoms with Crippen LogP contribution < -0.4 is 11.1 Å². The van der Waals surface area contributed by atoms with E-state index in [-0.39, 0.29) is 23.9 Å². The predicted octanol–water partition coefficient (Wildman–Crippen LogP) is 2.72. The Morgan fingerprint density at radius 2 is 1.86 bits per heavy atom. The lowest BCUT2D eigenvalue weighted by atomic mass is 9.53. The monoisotopic (exact) mass is 327 g/mol. The van der Waals surface area contributed by atoms with E-state index in [4.69, 9.17) is 5.73 Å². The fourth-order valence-electron chi connectivity index (χ4n) is 5.08. The first kappa shape index (κ1) is 15.3. The molecule has 4 saturated carbocycles. The first-order chi connectivity index (χ1) is 9.66. The van der Waals surface area contributed by atoms with Crippen molar-refractivity contribution in [3.63, 3.8) is 0 Å². The number of rotatable bonds is 3. The molecule has 4 aliphatic rings. The fourth-order valence-corrected chi connectivity index (χ4v) is 5.73. The third-order valence-electron chi connectivity index (χ3n) is 5.38. The standard InChI is InChI=1S/C15H21N3OS.ClH/c16-7-13-17-12(8-20-13)14(19)18-15-4-9-1-10(5-15)3-11(2-9)6-15;/h8-11H,1-7,16H2,(H,18,19);1H. The van der Waals surface area contributed by atoms with Gasteiger partial charge in [-0.3, -0.25) is 4.79 Å². The van der Waals surface area contributed by atoms with Crippen LogP contribution in [0.4, 0.5) is 0 Å². The van der Waals surface area contributed by atoms with Gasteiger partial charge in [0.1, 0.15) is 10.7 Å². The average molecular weight is 328 g/mol. The van der Waals surface area contributed by atoms with E-state index in [1.807, 2.05) is 5.38 Å². The van der Waals surface area contributed by atoms with Gasteiger partial charge in [-0.05, 0) is 56.3 Å². The van der Waals surface area contributed by atoms with Gasteiger partial charge in [0.25, 0.3) is 5.91 Å². The van der Waals surface area contributed by atoms with Gasteiger partial charge in [-0.2, -0.15) is 0 Å². The molecule has 6 heteroatoms. The summed E-state index contributed by atoms with van der Waals surface area (Å²) < 4.78 is 0. The van der Waals surface area contributed by atoms with Crippen molar-refractivity contribution in [2.45, 2.75) is 50.6 Å². The fraction of sp³-hybridized carbons (Fsp3) is 0.733. The minimum Gasteiger partial charge on any atom is -0.345 e. The molecule has 1 heterocycles. The van der Waals surface area contributed by atoms with Crippen LogP contribution in [0.1, 0.15) is 54.0 Å². The molecule has 1 amide bonds. The SMILES string of the molecule is Cl.NCc1nc(C(=O)NC23CC4CC(CC(C4)C2)C3)cs1. The molecule has 0 atom stereocenters. The average Bonchev–Trinajstić information content (AvgIpc) is 2.85. The lowest BCUT2D eigenvalue weighted by Gasteiger charge is -2.56. The molecule has 1 aromatic rings. The Kier molecular flexibility index (Phi) is 4.01. The minimum atomic E-state index is 0. The van der Waals surface area contributed by atoms with Crippen LogP contribution in [-0.4, -0.2) is 16.4 Å². The number of aromatic nitrogens is 1. The van der Waals surface area contributed by atoms with Crippen LogP contribution in [0.2, 0.25) is 0 Å². The highest BCUT2D eigenvalue weighted by molar-refractivity contribution is 7.09. The Bertz CT molecular complexity index is 509. The van der Waals surface area contributed by atoms with Gasteiger partial charge in [0.2, 0.25) is 0 Å². The first-order valence-corrected chi connectivity index (χ1v) is 8.51. The highest BCUT2D eigenvalue weighted by Crippen LogP contribution is 2.55. The number of hydrogen-bond acceptors (Lipinski definition) is 4. The number of nitrogens with two attached hydrogens (primary N) is 1. The molecule has 0 unspecified atom stereocenters. The van der Waals surface area contributed by atoms with Gasteiger partial charge >= 0.3 is 0 Å². The Morgan fingerprint density at radius 3 is 2.33 bits per heavy atom. The summed E-state index contributed by atoms with van der Waals surface area (Å²) in [5.74, 6) is 2.53. The summed E-state index contributed by atoms with van der Waals surface area (Å²) in [6.07, 6.45) is 7.71. The van der Waals surface area contributed by atoms with Gasteiger partial charge < -0.3 is 11.1 Å². The number of carbonyl (C=O) groups excluding carboxylic acids is 1. The summed E-state index contributed by atoms with van der Waals surface area (Å²) in [5, 5.41) is 6.01. The molecule has 3 N–H and O–H groups in total.